The molecular formula is C83H97BN8O2. The number of benzene rings is 6. The molecule has 484 valence electrons. The first kappa shape index (κ1) is 68.1. The smallest absolute Gasteiger partial charge is 0.327 e. The molecular weight excluding hydrogens is 1150 g/mol. The fourth-order valence-corrected chi connectivity index (χ4v) is 13.9. The number of aromatic nitrogens is 6. The van der Waals surface area contributed by atoms with Crippen LogP contribution in [-0.2, 0) is 7.05 Å². The molecule has 94 heavy (non-hydrogen) atoms. The lowest BCUT2D eigenvalue weighted by Crippen LogP contribution is -2.53. The van der Waals surface area contributed by atoms with Crippen LogP contribution in [0.3, 0.4) is 0 Å². The Bertz CT molecular complexity index is 4180. The van der Waals surface area contributed by atoms with Gasteiger partial charge in [-0.3, -0.25) is 15.0 Å². The molecule has 0 N–H and O–H groups in total. The Morgan fingerprint density at radius 1 is 0.468 bits per heavy atom. The van der Waals surface area contributed by atoms with Crippen LogP contribution in [0, 0.1) is 29.7 Å². The van der Waals surface area contributed by atoms with Gasteiger partial charge in [0.15, 0.2) is 0 Å². The molecule has 2 unspecified atom stereocenters. The number of para-hydroxylation sites is 4. The summed E-state index contributed by atoms with van der Waals surface area (Å²) in [6.45, 7) is 19.5. The van der Waals surface area contributed by atoms with E-state index in [0.29, 0.717) is 69.4 Å². The van der Waals surface area contributed by atoms with Crippen molar-refractivity contribution in [2.24, 2.45) is 18.9 Å². The van der Waals surface area contributed by atoms with Gasteiger partial charge in [-0.15, -0.1) is 0 Å². The van der Waals surface area contributed by atoms with Crippen LogP contribution < -0.4 is 31.1 Å². The zero-order valence-electron chi connectivity index (χ0n) is 56.7. The number of hydrogen-bond donors (Lipinski definition) is 0. The van der Waals surface area contributed by atoms with Crippen LogP contribution in [0.5, 0.6) is 11.5 Å². The Morgan fingerprint density at radius 2 is 0.851 bits per heavy atom. The third kappa shape index (κ3) is 17.1. The Hall–Kier alpha value is -8.80. The van der Waals surface area contributed by atoms with Crippen molar-refractivity contribution >= 4 is 61.9 Å². The zero-order chi connectivity index (χ0) is 65.3. The summed E-state index contributed by atoms with van der Waals surface area (Å²) in [7, 11) is 2.05. The van der Waals surface area contributed by atoms with Gasteiger partial charge < -0.3 is 18.5 Å². The Morgan fingerprint density at radius 3 is 1.30 bits per heavy atom. The molecule has 0 aliphatic rings. The van der Waals surface area contributed by atoms with E-state index in [0.717, 1.165) is 73.2 Å². The molecule has 0 saturated carbocycles. The number of nitrogens with zero attached hydrogens (tertiary/aromatic N) is 8. The first-order valence-electron chi connectivity index (χ1n) is 35.7. The molecule has 0 spiro atoms. The molecule has 6 aromatic carbocycles. The molecule has 0 bridgehead atoms. The number of fused-ring (bicyclic) bond motifs is 3. The average Bonchev–Trinajstić information content (AvgIpc) is 1.53. The second-order valence-electron chi connectivity index (χ2n) is 25.9. The van der Waals surface area contributed by atoms with Crippen LogP contribution in [0.25, 0.3) is 71.5 Å². The number of hydrogen-bond acceptors (Lipinski definition) is 7. The highest BCUT2D eigenvalue weighted by Crippen LogP contribution is 2.38. The molecule has 10 rings (SSSR count). The third-order valence-corrected chi connectivity index (χ3v) is 19.0. The third-order valence-electron chi connectivity index (χ3n) is 19.0. The first-order chi connectivity index (χ1) is 46.4. The van der Waals surface area contributed by atoms with Gasteiger partial charge in [0.1, 0.15) is 28.8 Å². The van der Waals surface area contributed by atoms with Crippen LogP contribution in [-0.4, -0.2) is 49.0 Å². The molecule has 0 aliphatic heterocycles. The van der Waals surface area contributed by atoms with E-state index in [2.05, 4.69) is 157 Å². The Balaban J connectivity index is 1.23. The number of nitriles is 1. The second kappa shape index (κ2) is 35.5. The molecule has 0 amide bonds. The topological polar surface area (TPSA) is 108 Å². The number of ether oxygens (including phenoxy) is 2. The normalized spacial score (nSPS) is 12.8. The largest absolute Gasteiger partial charge is 0.493 e. The van der Waals surface area contributed by atoms with E-state index in [4.69, 9.17) is 29.4 Å². The van der Waals surface area contributed by atoms with Crippen molar-refractivity contribution in [2.45, 2.75) is 182 Å². The van der Waals surface area contributed by atoms with Gasteiger partial charge in [-0.1, -0.05) is 252 Å². The summed E-state index contributed by atoms with van der Waals surface area (Å²) in [5.41, 5.74) is 9.79. The van der Waals surface area contributed by atoms with Crippen LogP contribution in [0.2, 0.25) is 0 Å². The number of unbranched alkanes of at least 4 members (excludes halogenated alkanes) is 16. The Labute approximate surface area is 560 Å². The van der Waals surface area contributed by atoms with E-state index in [1.54, 1.807) is 12.4 Å². The minimum Gasteiger partial charge on any atom is -0.493 e. The minimum atomic E-state index is -0.504. The van der Waals surface area contributed by atoms with E-state index in [1.807, 2.05) is 55.6 Å². The van der Waals surface area contributed by atoms with Gasteiger partial charge in [-0.05, 0) is 121 Å². The molecule has 0 aliphatic carbocycles. The lowest BCUT2D eigenvalue weighted by Gasteiger charge is -2.23. The molecule has 2 atom stereocenters. The molecule has 10 aromatic rings. The molecule has 0 fully saturated rings. The molecule has 11 heteroatoms. The lowest BCUT2D eigenvalue weighted by atomic mass is 9.50. The standard InChI is InChI=1S/C83H97BN8O2/c1-7-11-15-19-21-27-39-62(37-25-17-13-9-3)60-93-68-53-49-64(50-54-68)80-77-78(82(91(80)6)70(57-85)75-58-87-71-45-33-35-47-73(71)89-75)81(65-51-55-69(56-52-65)94-61-63(38-26-18-14-10-4)40-28-22-20-16-12-8-2)92(84(66-41-29-23-30-42-66)67-43-31-24-32-44-67)83(77)79(86-5)76-59-88-72-46-34-36-48-74(72)90-76/h23-24,29-36,41-56,58-59,62-63H,7-22,25-28,37-40,60-61H2,1-4,6H3/b82-70-,83-79+. The van der Waals surface area contributed by atoms with E-state index in [1.165, 1.54) is 148 Å². The summed E-state index contributed by atoms with van der Waals surface area (Å²) in [6, 6.07) is 56.5. The highest BCUT2D eigenvalue weighted by Gasteiger charge is 2.34. The maximum atomic E-state index is 12.0. The SMILES string of the molecule is [C-]#[N+]/C(c1cnc2ccccc2n1)=c1\c2c(-c3ccc(OCC(CCCCCC)CCCCCCCC)cc3)n(C)/c(=C(/C#N)c3cnc4ccccc4n3)c2c(-c2ccc(OCC(CCCCCC)CCCCCCCC)cc2)n1B(c1ccccc1)c1ccccc1. The van der Waals surface area contributed by atoms with Gasteiger partial charge in [-0.2, -0.15) is 5.26 Å². The fraction of sp³-hybridized carbons (Fsp3) is 0.398. The van der Waals surface area contributed by atoms with E-state index >= 15 is 0 Å². The van der Waals surface area contributed by atoms with E-state index < -0.39 is 6.85 Å². The summed E-state index contributed by atoms with van der Waals surface area (Å²) in [6.07, 6.45) is 33.4. The highest BCUT2D eigenvalue weighted by molar-refractivity contribution is 6.84. The lowest BCUT2D eigenvalue weighted by molar-refractivity contribution is 0.224. The van der Waals surface area contributed by atoms with Gasteiger partial charge >= 0.3 is 6.85 Å². The summed E-state index contributed by atoms with van der Waals surface area (Å²) in [5.74, 6) is 2.56. The maximum Gasteiger partial charge on any atom is 0.327 e. The minimum absolute atomic E-state index is 0.319. The van der Waals surface area contributed by atoms with Crippen molar-refractivity contribution in [3.8, 4) is 40.1 Å². The van der Waals surface area contributed by atoms with Crippen LogP contribution in [0.4, 0.5) is 0 Å². The van der Waals surface area contributed by atoms with Gasteiger partial charge in [0.05, 0.1) is 64.8 Å². The molecule has 4 aromatic heterocycles. The van der Waals surface area contributed by atoms with Gasteiger partial charge in [0.2, 0.25) is 5.70 Å². The predicted octanol–water partition coefficient (Wildman–Crippen LogP) is 19.1. The fourth-order valence-electron chi connectivity index (χ4n) is 13.9. The van der Waals surface area contributed by atoms with Gasteiger partial charge in [0.25, 0.3) is 0 Å². The summed E-state index contributed by atoms with van der Waals surface area (Å²) in [5, 5.41) is 14.8. The highest BCUT2D eigenvalue weighted by atomic mass is 16.5. The summed E-state index contributed by atoms with van der Waals surface area (Å²) in [4.78, 5) is 25.0. The summed E-state index contributed by atoms with van der Waals surface area (Å²) >= 11 is 0. The zero-order valence-corrected chi connectivity index (χ0v) is 56.7. The molecule has 10 nitrogen and oxygen atoms in total. The average molecular weight is 1250 g/mol. The van der Waals surface area contributed by atoms with Crippen molar-refractivity contribution in [1.82, 2.24) is 29.0 Å². The molecule has 0 radical (unpaired) electrons. The van der Waals surface area contributed by atoms with Gasteiger partial charge in [0, 0.05) is 35.1 Å². The van der Waals surface area contributed by atoms with Crippen LogP contribution in [0.1, 0.15) is 193 Å². The van der Waals surface area contributed by atoms with Crippen LogP contribution >= 0.6 is 0 Å². The maximum absolute atomic E-state index is 12.0. The quantitative estimate of drug-likeness (QED) is 0.0217. The van der Waals surface area contributed by atoms with Crippen molar-refractivity contribution in [1.29, 1.82) is 5.26 Å². The predicted molar refractivity (Wildman–Crippen MR) is 392 cm³/mol. The van der Waals surface area contributed by atoms with Crippen molar-refractivity contribution in [3.05, 3.63) is 204 Å². The van der Waals surface area contributed by atoms with Crippen LogP contribution in [0.15, 0.2) is 170 Å². The number of rotatable bonds is 37. The monoisotopic (exact) mass is 1250 g/mol. The first-order valence-corrected chi connectivity index (χ1v) is 35.7. The molecule has 0 saturated heterocycles. The summed E-state index contributed by atoms with van der Waals surface area (Å²) < 4.78 is 18.2. The Kier molecular flexibility index (Phi) is 25.7. The van der Waals surface area contributed by atoms with Gasteiger partial charge in [-0.25, -0.2) is 9.83 Å². The van der Waals surface area contributed by atoms with Crippen molar-refractivity contribution < 1.29 is 9.47 Å². The molecule has 4 heterocycles. The van der Waals surface area contributed by atoms with E-state index in [-0.39, 0.29) is 0 Å². The van der Waals surface area contributed by atoms with E-state index in [9.17, 15) is 11.8 Å². The second-order valence-corrected chi connectivity index (χ2v) is 25.9. The van der Waals surface area contributed by atoms with Crippen molar-refractivity contribution in [2.75, 3.05) is 13.2 Å². The van der Waals surface area contributed by atoms with Crippen molar-refractivity contribution in [3.63, 3.8) is 0 Å².